The normalized spacial score (nSPS) is 16.4. The number of nitrogens with zero attached hydrogens (tertiary/aromatic N) is 5. The Morgan fingerprint density at radius 1 is 1.02 bits per heavy atom. The lowest BCUT2D eigenvalue weighted by molar-refractivity contribution is 0.0643. The summed E-state index contributed by atoms with van der Waals surface area (Å²) in [6.07, 6.45) is 1.77. The first kappa shape index (κ1) is 31.2. The summed E-state index contributed by atoms with van der Waals surface area (Å²) in [5.41, 5.74) is 3.54. The molecule has 8 nitrogen and oxygen atoms in total. The molecule has 1 N–H and O–H groups in total. The van der Waals surface area contributed by atoms with Gasteiger partial charge in [0, 0.05) is 56.1 Å². The SMILES string of the molecule is CC.CC.CCN1CCN(C(=O)c2cc(C(C)Nc3cccc(F)c3)c3nc(N4CCOCC4)cnc3c2)CC1. The van der Waals surface area contributed by atoms with E-state index in [4.69, 9.17) is 14.7 Å². The average molecular weight is 553 g/mol. The van der Waals surface area contributed by atoms with Gasteiger partial charge in [-0.15, -0.1) is 0 Å². The first-order valence-electron chi connectivity index (χ1n) is 14.7. The van der Waals surface area contributed by atoms with E-state index in [-0.39, 0.29) is 17.8 Å². The van der Waals surface area contributed by atoms with E-state index in [0.29, 0.717) is 43.1 Å². The maximum atomic E-state index is 13.8. The molecule has 5 rings (SSSR count). The smallest absolute Gasteiger partial charge is 0.254 e. The standard InChI is InChI=1S/C27H33FN6O2.2C2H6/c1-3-32-7-9-34(10-8-32)27(35)20-15-23(19(2)30-22-6-4-5-21(28)17-22)26-24(16-20)29-18-25(31-26)33-11-13-36-14-12-33;2*1-2/h4-6,15-19,30H,3,7-14H2,1-2H3;2*1-2H3. The predicted molar refractivity (Wildman–Crippen MR) is 162 cm³/mol. The molecule has 2 fully saturated rings. The minimum absolute atomic E-state index is 0.00548. The molecule has 0 spiro atoms. The molecule has 0 bridgehead atoms. The second-order valence-electron chi connectivity index (χ2n) is 9.36. The summed E-state index contributed by atoms with van der Waals surface area (Å²) in [7, 11) is 0. The summed E-state index contributed by atoms with van der Waals surface area (Å²) in [4.78, 5) is 29.6. The van der Waals surface area contributed by atoms with Crippen molar-refractivity contribution < 1.29 is 13.9 Å². The highest BCUT2D eigenvalue weighted by atomic mass is 19.1. The van der Waals surface area contributed by atoms with E-state index in [1.54, 1.807) is 12.3 Å². The molecule has 1 aromatic heterocycles. The fourth-order valence-electron chi connectivity index (χ4n) is 4.89. The number of morpholine rings is 1. The van der Waals surface area contributed by atoms with Crippen LogP contribution in [0.2, 0.25) is 0 Å². The van der Waals surface area contributed by atoms with E-state index in [9.17, 15) is 9.18 Å². The van der Waals surface area contributed by atoms with E-state index in [2.05, 4.69) is 22.0 Å². The van der Waals surface area contributed by atoms with Gasteiger partial charge in [0.15, 0.2) is 0 Å². The molecule has 2 aliphatic heterocycles. The summed E-state index contributed by atoms with van der Waals surface area (Å²) < 4.78 is 19.3. The van der Waals surface area contributed by atoms with Gasteiger partial charge >= 0.3 is 0 Å². The fourth-order valence-corrected chi connectivity index (χ4v) is 4.89. The van der Waals surface area contributed by atoms with Gasteiger partial charge in [-0.2, -0.15) is 0 Å². The molecule has 1 atom stereocenters. The first-order valence-corrected chi connectivity index (χ1v) is 14.7. The van der Waals surface area contributed by atoms with Crippen LogP contribution in [0.5, 0.6) is 0 Å². The van der Waals surface area contributed by atoms with Crippen LogP contribution in [-0.2, 0) is 4.74 Å². The summed E-state index contributed by atoms with van der Waals surface area (Å²) >= 11 is 0. The molecular formula is C31H45FN6O2. The van der Waals surface area contributed by atoms with Crippen molar-refractivity contribution >= 4 is 28.4 Å². The molecule has 3 aromatic rings. The van der Waals surface area contributed by atoms with Crippen molar-refractivity contribution in [3.05, 3.63) is 59.5 Å². The Hall–Kier alpha value is -3.30. The number of likely N-dealkylation sites (N-methyl/N-ethyl adjacent to an activating group) is 1. The van der Waals surface area contributed by atoms with Crippen molar-refractivity contribution in [3.8, 4) is 0 Å². The van der Waals surface area contributed by atoms with Crippen molar-refractivity contribution in [3.63, 3.8) is 0 Å². The van der Waals surface area contributed by atoms with Gasteiger partial charge in [-0.05, 0) is 43.8 Å². The van der Waals surface area contributed by atoms with Crippen LogP contribution in [0.15, 0.2) is 42.6 Å². The van der Waals surface area contributed by atoms with E-state index in [1.807, 2.05) is 57.7 Å². The van der Waals surface area contributed by atoms with Crippen LogP contribution in [0.3, 0.4) is 0 Å². The van der Waals surface area contributed by atoms with Crippen molar-refractivity contribution in [1.82, 2.24) is 19.8 Å². The minimum atomic E-state index is -0.304. The Labute approximate surface area is 238 Å². The van der Waals surface area contributed by atoms with Crippen molar-refractivity contribution in [2.75, 3.05) is 69.2 Å². The van der Waals surface area contributed by atoms with Crippen LogP contribution in [0.1, 0.15) is 63.5 Å². The molecule has 2 aromatic carbocycles. The van der Waals surface area contributed by atoms with E-state index in [1.165, 1.54) is 12.1 Å². The number of carbonyl (C=O) groups excluding carboxylic acids is 1. The average Bonchev–Trinajstić information content (AvgIpc) is 3.02. The third-order valence-electron chi connectivity index (χ3n) is 7.03. The predicted octanol–water partition coefficient (Wildman–Crippen LogP) is 5.61. The van der Waals surface area contributed by atoms with E-state index < -0.39 is 0 Å². The number of rotatable bonds is 6. The second kappa shape index (κ2) is 15.5. The number of aromatic nitrogens is 2. The molecule has 9 heteroatoms. The minimum Gasteiger partial charge on any atom is -0.378 e. The Bertz CT molecular complexity index is 1230. The van der Waals surface area contributed by atoms with Crippen molar-refractivity contribution in [1.29, 1.82) is 0 Å². The lowest BCUT2D eigenvalue weighted by atomic mass is 10.0. The molecule has 1 unspecified atom stereocenters. The number of carbonyl (C=O) groups is 1. The lowest BCUT2D eigenvalue weighted by Gasteiger charge is -2.34. The number of amides is 1. The van der Waals surface area contributed by atoms with Gasteiger partial charge in [0.2, 0.25) is 0 Å². The Kier molecular flexibility index (Phi) is 12.1. The Balaban J connectivity index is 0.00000106. The molecule has 0 radical (unpaired) electrons. The van der Waals surface area contributed by atoms with Gasteiger partial charge < -0.3 is 24.8 Å². The van der Waals surface area contributed by atoms with Crippen LogP contribution in [0.25, 0.3) is 11.0 Å². The monoisotopic (exact) mass is 552 g/mol. The third kappa shape index (κ3) is 7.67. The number of piperazine rings is 1. The largest absolute Gasteiger partial charge is 0.378 e. The molecular weight excluding hydrogens is 507 g/mol. The summed E-state index contributed by atoms with van der Waals surface area (Å²) in [5, 5.41) is 3.38. The van der Waals surface area contributed by atoms with Gasteiger partial charge in [0.25, 0.3) is 5.91 Å². The number of halogens is 1. The zero-order valence-electron chi connectivity index (χ0n) is 24.9. The number of hydrogen-bond donors (Lipinski definition) is 1. The Morgan fingerprint density at radius 2 is 1.73 bits per heavy atom. The molecule has 1 amide bonds. The first-order chi connectivity index (χ1) is 19.5. The maximum absolute atomic E-state index is 13.8. The fraction of sp³-hybridized carbons (Fsp3) is 0.516. The zero-order chi connectivity index (χ0) is 29.1. The lowest BCUT2D eigenvalue weighted by Crippen LogP contribution is -2.48. The van der Waals surface area contributed by atoms with Crippen LogP contribution in [0.4, 0.5) is 15.9 Å². The van der Waals surface area contributed by atoms with Crippen LogP contribution < -0.4 is 10.2 Å². The van der Waals surface area contributed by atoms with Gasteiger partial charge in [0.05, 0.1) is 36.5 Å². The Morgan fingerprint density at radius 3 is 2.38 bits per heavy atom. The topological polar surface area (TPSA) is 73.8 Å². The number of hydrogen-bond acceptors (Lipinski definition) is 7. The number of ether oxygens (including phenoxy) is 1. The molecule has 2 saturated heterocycles. The number of benzene rings is 2. The van der Waals surface area contributed by atoms with Crippen LogP contribution in [-0.4, -0.2) is 84.7 Å². The third-order valence-corrected chi connectivity index (χ3v) is 7.03. The van der Waals surface area contributed by atoms with Crippen molar-refractivity contribution in [2.45, 2.75) is 47.6 Å². The molecule has 0 saturated carbocycles. The van der Waals surface area contributed by atoms with E-state index in [0.717, 1.165) is 49.6 Å². The molecule has 0 aliphatic carbocycles. The molecule has 40 heavy (non-hydrogen) atoms. The van der Waals surface area contributed by atoms with Gasteiger partial charge in [-0.1, -0.05) is 40.7 Å². The second-order valence-corrected chi connectivity index (χ2v) is 9.36. The summed E-state index contributed by atoms with van der Waals surface area (Å²) in [5.74, 6) is 0.493. The number of nitrogens with one attached hydrogen (secondary N) is 1. The molecule has 2 aliphatic rings. The van der Waals surface area contributed by atoms with Gasteiger partial charge in [0.1, 0.15) is 11.6 Å². The van der Waals surface area contributed by atoms with Crippen LogP contribution >= 0.6 is 0 Å². The summed E-state index contributed by atoms with van der Waals surface area (Å²) in [6.45, 7) is 19.1. The van der Waals surface area contributed by atoms with E-state index >= 15 is 0 Å². The quantitative estimate of drug-likeness (QED) is 0.426. The van der Waals surface area contributed by atoms with Gasteiger partial charge in [-0.25, -0.2) is 9.37 Å². The molecule has 218 valence electrons. The number of anilines is 2. The highest BCUT2D eigenvalue weighted by Crippen LogP contribution is 2.29. The molecule has 3 heterocycles. The highest BCUT2D eigenvalue weighted by Gasteiger charge is 2.24. The van der Waals surface area contributed by atoms with Crippen molar-refractivity contribution in [2.24, 2.45) is 0 Å². The highest BCUT2D eigenvalue weighted by molar-refractivity contribution is 5.98. The maximum Gasteiger partial charge on any atom is 0.254 e. The summed E-state index contributed by atoms with van der Waals surface area (Å²) in [6, 6.07) is 9.93. The van der Waals surface area contributed by atoms with Gasteiger partial charge in [-0.3, -0.25) is 9.78 Å². The zero-order valence-corrected chi connectivity index (χ0v) is 24.9. The number of fused-ring (bicyclic) bond motifs is 1. The van der Waals surface area contributed by atoms with Crippen LogP contribution in [0, 0.1) is 5.82 Å².